The number of thiol groups is 1. The van der Waals surface area contributed by atoms with Gasteiger partial charge in [-0.05, 0) is 24.1 Å². The third kappa shape index (κ3) is 10.6. The molecule has 0 bridgehead atoms. The van der Waals surface area contributed by atoms with Crippen LogP contribution in [-0.4, -0.2) is 86.0 Å². The molecule has 1 rings (SSSR count). The predicted octanol–water partition coefficient (Wildman–Crippen LogP) is -1.93. The molecule has 3 amide bonds. The van der Waals surface area contributed by atoms with Gasteiger partial charge in [-0.3, -0.25) is 24.0 Å². The van der Waals surface area contributed by atoms with Gasteiger partial charge in [0.25, 0.3) is 0 Å². The van der Waals surface area contributed by atoms with E-state index < -0.39 is 79.1 Å². The molecule has 0 aliphatic carbocycles. The number of nitrogens with two attached hydrogens (primary N) is 1. The molecule has 0 saturated heterocycles. The fourth-order valence-corrected chi connectivity index (χ4v) is 3.15. The van der Waals surface area contributed by atoms with E-state index in [9.17, 15) is 33.9 Å². The molecule has 1 aromatic rings. The van der Waals surface area contributed by atoms with Gasteiger partial charge in [-0.1, -0.05) is 12.1 Å². The third-order valence-corrected chi connectivity index (χ3v) is 5.18. The van der Waals surface area contributed by atoms with E-state index >= 15 is 0 Å². The molecule has 36 heavy (non-hydrogen) atoms. The van der Waals surface area contributed by atoms with E-state index in [0.29, 0.717) is 5.56 Å². The fraction of sp³-hybridized carbons (Fsp3) is 0.429. The number of aromatic hydroxyl groups is 1. The first-order chi connectivity index (χ1) is 16.8. The van der Waals surface area contributed by atoms with Crippen molar-refractivity contribution in [3.63, 3.8) is 0 Å². The number of carboxylic acid groups (broad SMARTS) is 3. The number of nitrogens with one attached hydrogen (secondary N) is 3. The van der Waals surface area contributed by atoms with E-state index in [-0.39, 0.29) is 17.9 Å². The van der Waals surface area contributed by atoms with Crippen LogP contribution in [0.3, 0.4) is 0 Å². The number of rotatable bonds is 15. The fourth-order valence-electron chi connectivity index (χ4n) is 2.90. The first kappa shape index (κ1) is 30.2. The van der Waals surface area contributed by atoms with Crippen molar-refractivity contribution in [2.75, 3.05) is 5.75 Å². The van der Waals surface area contributed by atoms with Crippen LogP contribution < -0.4 is 21.7 Å². The van der Waals surface area contributed by atoms with Gasteiger partial charge in [-0.2, -0.15) is 12.6 Å². The maximum absolute atomic E-state index is 13.1. The highest BCUT2D eigenvalue weighted by molar-refractivity contribution is 7.80. The molecule has 0 radical (unpaired) electrons. The topological polar surface area (TPSA) is 245 Å². The Hall–Kier alpha value is -3.85. The predicted molar refractivity (Wildman–Crippen MR) is 126 cm³/mol. The van der Waals surface area contributed by atoms with Gasteiger partial charge in [0.1, 0.15) is 23.9 Å². The minimum Gasteiger partial charge on any atom is -0.508 e. The van der Waals surface area contributed by atoms with E-state index in [0.717, 1.165) is 0 Å². The third-order valence-electron chi connectivity index (χ3n) is 4.82. The molecule has 14 nitrogen and oxygen atoms in total. The average molecular weight is 529 g/mol. The number of carbonyl (C=O) groups is 6. The van der Waals surface area contributed by atoms with E-state index in [4.69, 9.17) is 21.1 Å². The van der Waals surface area contributed by atoms with E-state index in [1.54, 1.807) is 0 Å². The summed E-state index contributed by atoms with van der Waals surface area (Å²) in [4.78, 5) is 71.1. The van der Waals surface area contributed by atoms with Crippen molar-refractivity contribution in [1.29, 1.82) is 0 Å². The van der Waals surface area contributed by atoms with E-state index in [1.807, 2.05) is 0 Å². The standard InChI is InChI=1S/C21H28N4O10S/c22-12(8-17(29)30)18(31)24-14(7-10-1-3-11(26)4-2-10)20(33)23-13(5-6-16(27)28)19(32)25-15(9-36)21(34)35/h1-4,12-15,26,36H,5-9,22H2,(H,23,33)(H,24,31)(H,25,32)(H,27,28)(H,29,30)(H,34,35). The van der Waals surface area contributed by atoms with E-state index in [1.165, 1.54) is 24.3 Å². The number of hydrogen-bond acceptors (Lipinski definition) is 9. The molecule has 0 aliphatic rings. The highest BCUT2D eigenvalue weighted by Gasteiger charge is 2.31. The highest BCUT2D eigenvalue weighted by atomic mass is 32.1. The monoisotopic (exact) mass is 528 g/mol. The number of carboxylic acids is 3. The number of carbonyl (C=O) groups excluding carboxylic acids is 3. The van der Waals surface area contributed by atoms with Crippen molar-refractivity contribution in [2.45, 2.75) is 49.9 Å². The highest BCUT2D eigenvalue weighted by Crippen LogP contribution is 2.12. The molecule has 0 saturated carbocycles. The normalized spacial score (nSPS) is 13.9. The summed E-state index contributed by atoms with van der Waals surface area (Å²) < 4.78 is 0. The van der Waals surface area contributed by atoms with Crippen molar-refractivity contribution in [3.05, 3.63) is 29.8 Å². The molecule has 198 valence electrons. The lowest BCUT2D eigenvalue weighted by atomic mass is 10.0. The van der Waals surface area contributed by atoms with Gasteiger partial charge < -0.3 is 42.1 Å². The van der Waals surface area contributed by atoms with Crippen LogP contribution >= 0.6 is 12.6 Å². The molecule has 9 N–H and O–H groups in total. The van der Waals surface area contributed by atoms with Gasteiger partial charge in [-0.15, -0.1) is 0 Å². The molecule has 0 fully saturated rings. The Labute approximate surface area is 210 Å². The average Bonchev–Trinajstić information content (AvgIpc) is 2.79. The van der Waals surface area contributed by atoms with Gasteiger partial charge >= 0.3 is 17.9 Å². The summed E-state index contributed by atoms with van der Waals surface area (Å²) in [5.74, 6) is -7.25. The number of phenolic OH excluding ortho intramolecular Hbond substituents is 1. The summed E-state index contributed by atoms with van der Waals surface area (Å²) >= 11 is 3.83. The number of hydrogen-bond donors (Lipinski definition) is 9. The summed E-state index contributed by atoms with van der Waals surface area (Å²) in [5, 5.41) is 43.2. The molecule has 4 atom stereocenters. The van der Waals surface area contributed by atoms with Crippen molar-refractivity contribution in [3.8, 4) is 5.75 Å². The molecule has 15 heteroatoms. The lowest BCUT2D eigenvalue weighted by Gasteiger charge is -2.25. The number of phenols is 1. The van der Waals surface area contributed by atoms with Crippen LogP contribution in [0.15, 0.2) is 24.3 Å². The first-order valence-electron chi connectivity index (χ1n) is 10.6. The molecule has 0 heterocycles. The van der Waals surface area contributed by atoms with Crippen LogP contribution in [0.5, 0.6) is 5.75 Å². The second kappa shape index (κ2) is 14.5. The molecular formula is C21H28N4O10S. The Morgan fingerprint density at radius 1 is 0.806 bits per heavy atom. The van der Waals surface area contributed by atoms with E-state index in [2.05, 4.69) is 28.6 Å². The van der Waals surface area contributed by atoms with Gasteiger partial charge in [-0.25, -0.2) is 4.79 Å². The van der Waals surface area contributed by atoms with Crippen LogP contribution in [0.4, 0.5) is 0 Å². The number of amides is 3. The summed E-state index contributed by atoms with van der Waals surface area (Å²) in [6, 6.07) is -0.203. The second-order valence-electron chi connectivity index (χ2n) is 7.71. The second-order valence-corrected chi connectivity index (χ2v) is 8.08. The maximum Gasteiger partial charge on any atom is 0.327 e. The Kier molecular flexibility index (Phi) is 12.2. The van der Waals surface area contributed by atoms with Crippen molar-refractivity contribution in [1.82, 2.24) is 16.0 Å². The Morgan fingerprint density at radius 3 is 1.83 bits per heavy atom. The molecule has 0 aliphatic heterocycles. The summed E-state index contributed by atoms with van der Waals surface area (Å²) in [6.45, 7) is 0. The lowest BCUT2D eigenvalue weighted by Crippen LogP contribution is -2.58. The van der Waals surface area contributed by atoms with Crippen LogP contribution in [0, 0.1) is 0 Å². The zero-order valence-electron chi connectivity index (χ0n) is 18.9. The summed E-state index contributed by atoms with van der Waals surface area (Å²) in [5.41, 5.74) is 6.02. The SMILES string of the molecule is NC(CC(=O)O)C(=O)NC(Cc1ccc(O)cc1)C(=O)NC(CCC(=O)O)C(=O)NC(CS)C(=O)O. The first-order valence-corrected chi connectivity index (χ1v) is 11.2. The lowest BCUT2D eigenvalue weighted by molar-refractivity contribution is -0.142. The molecular weight excluding hydrogens is 500 g/mol. The van der Waals surface area contributed by atoms with Crippen LogP contribution in [0.1, 0.15) is 24.8 Å². The minimum atomic E-state index is -1.49. The zero-order valence-corrected chi connectivity index (χ0v) is 19.8. The number of benzene rings is 1. The van der Waals surface area contributed by atoms with Gasteiger partial charge in [0, 0.05) is 18.6 Å². The minimum absolute atomic E-state index is 0.0603. The molecule has 1 aromatic carbocycles. The number of aliphatic carboxylic acids is 3. The quantitative estimate of drug-likeness (QED) is 0.113. The molecule has 4 unspecified atom stereocenters. The summed E-state index contributed by atoms with van der Waals surface area (Å²) in [6.07, 6.45) is -1.83. The zero-order chi connectivity index (χ0) is 27.4. The maximum atomic E-state index is 13.1. The smallest absolute Gasteiger partial charge is 0.327 e. The van der Waals surface area contributed by atoms with Crippen LogP contribution in [-0.2, 0) is 35.2 Å². The van der Waals surface area contributed by atoms with Gasteiger partial charge in [0.05, 0.1) is 12.5 Å². The Morgan fingerprint density at radius 2 is 1.33 bits per heavy atom. The van der Waals surface area contributed by atoms with Gasteiger partial charge in [0.2, 0.25) is 17.7 Å². The molecule has 0 aromatic heterocycles. The van der Waals surface area contributed by atoms with Crippen LogP contribution in [0.2, 0.25) is 0 Å². The van der Waals surface area contributed by atoms with Crippen molar-refractivity contribution in [2.24, 2.45) is 5.73 Å². The van der Waals surface area contributed by atoms with Crippen molar-refractivity contribution < 1.29 is 49.2 Å². The van der Waals surface area contributed by atoms with Crippen LogP contribution in [0.25, 0.3) is 0 Å². The summed E-state index contributed by atoms with van der Waals surface area (Å²) in [7, 11) is 0. The Balaban J connectivity index is 3.14. The Bertz CT molecular complexity index is 972. The van der Waals surface area contributed by atoms with Crippen molar-refractivity contribution >= 4 is 48.3 Å². The molecule has 0 spiro atoms. The largest absolute Gasteiger partial charge is 0.508 e. The van der Waals surface area contributed by atoms with Gasteiger partial charge in [0.15, 0.2) is 0 Å².